The average molecular weight is 297 g/mol. The van der Waals surface area contributed by atoms with Crippen LogP contribution in [0, 0.1) is 0 Å². The normalized spacial score (nSPS) is 13.3. The molecule has 0 aliphatic rings. The fraction of sp³-hybridized carbons (Fsp3) is 0.800. The molecule has 0 aromatic heterocycles. The van der Waals surface area contributed by atoms with Crippen LogP contribution in [0.3, 0.4) is 0 Å². The van der Waals surface area contributed by atoms with Crippen LogP contribution in [0.15, 0.2) is 0 Å². The summed E-state index contributed by atoms with van der Waals surface area (Å²) in [5, 5.41) is 10.7. The van der Waals surface area contributed by atoms with E-state index in [1.807, 2.05) is 0 Å². The van der Waals surface area contributed by atoms with Gasteiger partial charge in [0, 0.05) is 18.4 Å². The zero-order chi connectivity index (χ0) is 14.3. The van der Waals surface area contributed by atoms with Crippen molar-refractivity contribution in [1.82, 2.24) is 5.32 Å². The van der Waals surface area contributed by atoms with Crippen LogP contribution in [0.2, 0.25) is 0 Å². The van der Waals surface area contributed by atoms with Crippen molar-refractivity contribution in [3.8, 4) is 0 Å². The second-order valence-electron chi connectivity index (χ2n) is 4.08. The van der Waals surface area contributed by atoms with Crippen LogP contribution in [0.25, 0.3) is 0 Å². The molecule has 18 heavy (non-hydrogen) atoms. The summed E-state index contributed by atoms with van der Waals surface area (Å²) in [4.78, 5) is 21.5. The van der Waals surface area contributed by atoms with Gasteiger partial charge in [0.15, 0.2) is 9.84 Å². The molecule has 6 nitrogen and oxygen atoms in total. The molecule has 8 heteroatoms. The van der Waals surface area contributed by atoms with E-state index in [9.17, 15) is 18.0 Å². The number of carbonyl (C=O) groups excluding carboxylic acids is 1. The first kappa shape index (κ1) is 17.2. The molecule has 0 aliphatic carbocycles. The first-order chi connectivity index (χ1) is 8.16. The van der Waals surface area contributed by atoms with Crippen molar-refractivity contribution in [3.63, 3.8) is 0 Å². The molecule has 0 radical (unpaired) electrons. The van der Waals surface area contributed by atoms with Gasteiger partial charge in [-0.15, -0.1) is 0 Å². The predicted octanol–water partition coefficient (Wildman–Crippen LogP) is 0.132. The van der Waals surface area contributed by atoms with Crippen LogP contribution in [0.1, 0.15) is 20.8 Å². The summed E-state index contributed by atoms with van der Waals surface area (Å²) in [7, 11) is -3.10. The number of amides is 1. The molecule has 0 saturated heterocycles. The lowest BCUT2D eigenvalue weighted by atomic mass is 10.3. The first-order valence-corrected chi connectivity index (χ1v) is 8.33. The van der Waals surface area contributed by atoms with Gasteiger partial charge in [-0.25, -0.2) is 13.2 Å². The van der Waals surface area contributed by atoms with Crippen LogP contribution < -0.4 is 5.32 Å². The van der Waals surface area contributed by atoms with Gasteiger partial charge in [-0.3, -0.25) is 4.79 Å². The maximum atomic E-state index is 11.5. The smallest absolute Gasteiger partial charge is 0.327 e. The summed E-state index contributed by atoms with van der Waals surface area (Å²) in [5.41, 5.74) is 0. The van der Waals surface area contributed by atoms with Crippen molar-refractivity contribution < 1.29 is 23.1 Å². The van der Waals surface area contributed by atoms with E-state index in [0.717, 1.165) is 0 Å². The van der Waals surface area contributed by atoms with Gasteiger partial charge in [0.25, 0.3) is 0 Å². The molecule has 0 spiro atoms. The molecule has 0 aromatic rings. The molecule has 0 rings (SSSR count). The maximum Gasteiger partial charge on any atom is 0.327 e. The first-order valence-electron chi connectivity index (χ1n) is 5.46. The summed E-state index contributed by atoms with van der Waals surface area (Å²) in [6.07, 6.45) is 0. The van der Waals surface area contributed by atoms with Gasteiger partial charge in [-0.2, -0.15) is 11.8 Å². The Kier molecular flexibility index (Phi) is 7.30. The predicted molar refractivity (Wildman–Crippen MR) is 71.5 cm³/mol. The number of thioether (sulfide) groups is 1. The molecule has 1 atom stereocenters. The third kappa shape index (κ3) is 6.85. The molecule has 0 fully saturated rings. The second kappa shape index (κ2) is 7.63. The number of hydrogen-bond acceptors (Lipinski definition) is 5. The Morgan fingerprint density at radius 2 is 1.89 bits per heavy atom. The summed E-state index contributed by atoms with van der Waals surface area (Å²) < 4.78 is 23.0. The Hall–Kier alpha value is -0.760. The molecule has 2 N–H and O–H groups in total. The number of nitrogens with one attached hydrogen (secondary N) is 1. The Morgan fingerprint density at radius 3 is 2.28 bits per heavy atom. The fourth-order valence-electron chi connectivity index (χ4n) is 1.03. The minimum absolute atomic E-state index is 0.0156. The molecular weight excluding hydrogens is 278 g/mol. The highest BCUT2D eigenvalue weighted by atomic mass is 32.2. The Balaban J connectivity index is 4.09. The van der Waals surface area contributed by atoms with Gasteiger partial charge in [0.1, 0.15) is 6.04 Å². The molecule has 1 amide bonds. The maximum absolute atomic E-state index is 11.5. The van der Waals surface area contributed by atoms with Crippen molar-refractivity contribution in [2.45, 2.75) is 32.1 Å². The van der Waals surface area contributed by atoms with Gasteiger partial charge in [0.05, 0.1) is 11.0 Å². The Morgan fingerprint density at radius 1 is 1.33 bits per heavy atom. The van der Waals surface area contributed by atoms with E-state index in [1.165, 1.54) is 18.7 Å². The number of carboxylic acid groups (broad SMARTS) is 1. The largest absolute Gasteiger partial charge is 0.480 e. The molecular formula is C10H19NO5S2. The van der Waals surface area contributed by atoms with Crippen molar-refractivity contribution in [3.05, 3.63) is 0 Å². The standard InChI is InChI=1S/C10H19NO5S2/c1-7(2)18(15,16)5-4-17-6-9(10(13)14)11-8(3)12/h7,9H,4-6H2,1-3H3,(H,11,12)(H,13,14). The zero-order valence-corrected chi connectivity index (χ0v) is 12.3. The van der Waals surface area contributed by atoms with E-state index in [-0.39, 0.29) is 11.5 Å². The number of aliphatic carboxylic acids is 1. The third-order valence-corrected chi connectivity index (χ3v) is 5.72. The van der Waals surface area contributed by atoms with E-state index in [0.29, 0.717) is 5.75 Å². The van der Waals surface area contributed by atoms with E-state index < -0.39 is 33.0 Å². The SMILES string of the molecule is CC(=O)NC(CSCCS(=O)(=O)C(C)C)C(=O)O. The second-order valence-corrected chi connectivity index (χ2v) is 7.91. The number of hydrogen-bond donors (Lipinski definition) is 2. The molecule has 0 aromatic carbocycles. The van der Waals surface area contributed by atoms with Gasteiger partial charge < -0.3 is 10.4 Å². The molecule has 0 bridgehead atoms. The van der Waals surface area contributed by atoms with Crippen LogP contribution in [0.5, 0.6) is 0 Å². The lowest BCUT2D eigenvalue weighted by molar-refractivity contribution is -0.140. The molecule has 106 valence electrons. The highest BCUT2D eigenvalue weighted by molar-refractivity contribution is 8.00. The fourth-order valence-corrected chi connectivity index (χ4v) is 3.53. The van der Waals surface area contributed by atoms with E-state index in [1.54, 1.807) is 13.8 Å². The van der Waals surface area contributed by atoms with Gasteiger partial charge in [-0.05, 0) is 13.8 Å². The molecule has 0 aliphatic heterocycles. The highest BCUT2D eigenvalue weighted by Gasteiger charge is 2.19. The quantitative estimate of drug-likeness (QED) is 0.618. The lowest BCUT2D eigenvalue weighted by Gasteiger charge is -2.13. The summed E-state index contributed by atoms with van der Waals surface area (Å²) >= 11 is 1.20. The number of carbonyl (C=O) groups is 2. The monoisotopic (exact) mass is 297 g/mol. The molecule has 0 heterocycles. The van der Waals surface area contributed by atoms with Crippen LogP contribution in [-0.2, 0) is 19.4 Å². The number of rotatable bonds is 8. The van der Waals surface area contributed by atoms with E-state index >= 15 is 0 Å². The van der Waals surface area contributed by atoms with Crippen LogP contribution in [-0.4, -0.2) is 54.0 Å². The molecule has 1 unspecified atom stereocenters. The van der Waals surface area contributed by atoms with E-state index in [4.69, 9.17) is 5.11 Å². The number of sulfone groups is 1. The topological polar surface area (TPSA) is 101 Å². The van der Waals surface area contributed by atoms with Crippen molar-refractivity contribution in [1.29, 1.82) is 0 Å². The lowest BCUT2D eigenvalue weighted by Crippen LogP contribution is -2.41. The number of carboxylic acids is 1. The van der Waals surface area contributed by atoms with Crippen molar-refractivity contribution in [2.24, 2.45) is 0 Å². The van der Waals surface area contributed by atoms with Crippen LogP contribution >= 0.6 is 11.8 Å². The van der Waals surface area contributed by atoms with E-state index in [2.05, 4.69) is 5.32 Å². The Labute approximate surface area is 111 Å². The average Bonchev–Trinajstić information content (AvgIpc) is 2.21. The van der Waals surface area contributed by atoms with Crippen molar-refractivity contribution >= 4 is 33.5 Å². The van der Waals surface area contributed by atoms with Gasteiger partial charge >= 0.3 is 5.97 Å². The summed E-state index contributed by atoms with van der Waals surface area (Å²) in [5.74, 6) is -1.05. The summed E-state index contributed by atoms with van der Waals surface area (Å²) in [6.45, 7) is 4.46. The van der Waals surface area contributed by atoms with Crippen LogP contribution in [0.4, 0.5) is 0 Å². The summed E-state index contributed by atoms with van der Waals surface area (Å²) in [6, 6.07) is -0.978. The van der Waals surface area contributed by atoms with Crippen molar-refractivity contribution in [2.75, 3.05) is 17.3 Å². The third-order valence-electron chi connectivity index (χ3n) is 2.19. The Bertz CT molecular complexity index is 391. The molecule has 0 saturated carbocycles. The minimum Gasteiger partial charge on any atom is -0.480 e. The minimum atomic E-state index is -3.10. The zero-order valence-electron chi connectivity index (χ0n) is 10.7. The van der Waals surface area contributed by atoms with Gasteiger partial charge in [-0.1, -0.05) is 0 Å². The highest BCUT2D eigenvalue weighted by Crippen LogP contribution is 2.08. The van der Waals surface area contributed by atoms with Gasteiger partial charge in [0.2, 0.25) is 5.91 Å².